The first-order chi connectivity index (χ1) is 16.3. The molecule has 6 rings (SSSR count). The number of likely N-dealkylation sites (tertiary alicyclic amines) is 1. The highest BCUT2D eigenvalue weighted by atomic mass is 16.5. The Bertz CT molecular complexity index is 1310. The Kier molecular flexibility index (Phi) is 4.45. The zero-order chi connectivity index (χ0) is 23.8. The third kappa shape index (κ3) is 2.63. The van der Waals surface area contributed by atoms with Crippen LogP contribution in [0.1, 0.15) is 28.7 Å². The summed E-state index contributed by atoms with van der Waals surface area (Å²) < 4.78 is 6.45. The summed E-state index contributed by atoms with van der Waals surface area (Å²) in [4.78, 5) is 16.9. The summed E-state index contributed by atoms with van der Waals surface area (Å²) in [6, 6.07) is 10.8. The van der Waals surface area contributed by atoms with Crippen molar-refractivity contribution in [3.63, 3.8) is 0 Å². The predicted octanol–water partition coefficient (Wildman–Crippen LogP) is 2.14. The summed E-state index contributed by atoms with van der Waals surface area (Å²) in [5, 5.41) is 22.8. The van der Waals surface area contributed by atoms with Crippen molar-refractivity contribution in [2.24, 2.45) is 0 Å². The average Bonchev–Trinajstić information content (AvgIpc) is 3.17. The number of aliphatic hydroxyl groups is 1. The molecule has 0 radical (unpaired) electrons. The van der Waals surface area contributed by atoms with Crippen LogP contribution in [0.4, 0.5) is 0 Å². The SMILES string of the molecule is Cc1cccc(C#CC(=O)N(C)[C@@H]2C=C[C@@]3(O)[C@H]4Cc5ccc(O)c6c5[C@@]3(CCN4C)[C@H]2O6)c1. The largest absolute Gasteiger partial charge is 0.504 e. The molecule has 1 amide bonds. The molecule has 1 saturated heterocycles. The second-order valence-corrected chi connectivity index (χ2v) is 10.1. The molecule has 6 heteroatoms. The first kappa shape index (κ1) is 21.3. The number of benzene rings is 2. The van der Waals surface area contributed by atoms with Crippen LogP contribution in [-0.4, -0.2) is 70.3 Å². The first-order valence-corrected chi connectivity index (χ1v) is 11.8. The number of piperidine rings is 1. The van der Waals surface area contributed by atoms with E-state index in [-0.39, 0.29) is 17.7 Å². The Balaban J connectivity index is 1.42. The summed E-state index contributed by atoms with van der Waals surface area (Å²) in [5.41, 5.74) is 2.00. The van der Waals surface area contributed by atoms with Crippen LogP contribution in [0.3, 0.4) is 0 Å². The molecule has 174 valence electrons. The van der Waals surface area contributed by atoms with E-state index < -0.39 is 23.2 Å². The third-order valence-corrected chi connectivity index (χ3v) is 8.38. The maximum absolute atomic E-state index is 13.1. The van der Waals surface area contributed by atoms with Crippen molar-refractivity contribution in [1.82, 2.24) is 9.80 Å². The monoisotopic (exact) mass is 456 g/mol. The summed E-state index contributed by atoms with van der Waals surface area (Å²) in [6.07, 6.45) is 4.59. The van der Waals surface area contributed by atoms with Crippen molar-refractivity contribution in [2.75, 3.05) is 20.6 Å². The minimum atomic E-state index is -1.15. The van der Waals surface area contributed by atoms with Gasteiger partial charge in [0, 0.05) is 30.1 Å². The van der Waals surface area contributed by atoms with Crippen molar-refractivity contribution in [2.45, 2.75) is 49.0 Å². The van der Waals surface area contributed by atoms with Gasteiger partial charge in [-0.3, -0.25) is 9.69 Å². The van der Waals surface area contributed by atoms with Gasteiger partial charge in [-0.05, 0) is 62.7 Å². The number of hydrogen-bond donors (Lipinski definition) is 2. The minimum Gasteiger partial charge on any atom is -0.504 e. The maximum Gasteiger partial charge on any atom is 0.299 e. The molecule has 1 spiro atoms. The van der Waals surface area contributed by atoms with E-state index >= 15 is 0 Å². The summed E-state index contributed by atoms with van der Waals surface area (Å²) in [5.74, 6) is 5.95. The predicted molar refractivity (Wildman–Crippen MR) is 128 cm³/mol. The molecule has 2 aliphatic carbocycles. The first-order valence-electron chi connectivity index (χ1n) is 11.8. The molecule has 0 aromatic heterocycles. The van der Waals surface area contributed by atoms with Crippen molar-refractivity contribution in [3.8, 4) is 23.3 Å². The molecule has 2 bridgehead atoms. The number of carbonyl (C=O) groups is 1. The number of phenolic OH excluding ortho intramolecular Hbond substituents is 1. The van der Waals surface area contributed by atoms with Gasteiger partial charge in [-0.1, -0.05) is 36.3 Å². The number of hydrogen-bond acceptors (Lipinski definition) is 5. The fraction of sp³-hybridized carbons (Fsp3) is 0.393. The Labute approximate surface area is 199 Å². The highest BCUT2D eigenvalue weighted by Crippen LogP contribution is 2.64. The average molecular weight is 457 g/mol. The van der Waals surface area contributed by atoms with Gasteiger partial charge in [0.1, 0.15) is 11.7 Å². The molecule has 2 aromatic carbocycles. The number of rotatable bonds is 1. The lowest BCUT2D eigenvalue weighted by Crippen LogP contribution is -2.76. The fourth-order valence-corrected chi connectivity index (χ4v) is 6.69. The number of amides is 1. The topological polar surface area (TPSA) is 73.2 Å². The van der Waals surface area contributed by atoms with E-state index in [9.17, 15) is 15.0 Å². The van der Waals surface area contributed by atoms with E-state index in [1.807, 2.05) is 56.5 Å². The Hall–Kier alpha value is -3.27. The number of aromatic hydroxyl groups is 1. The second-order valence-electron chi connectivity index (χ2n) is 10.1. The molecule has 2 aromatic rings. The van der Waals surface area contributed by atoms with E-state index in [0.29, 0.717) is 18.6 Å². The lowest BCUT2D eigenvalue weighted by Gasteiger charge is -2.62. The second kappa shape index (κ2) is 7.11. The smallest absolute Gasteiger partial charge is 0.299 e. The van der Waals surface area contributed by atoms with Gasteiger partial charge in [0.05, 0.1) is 11.5 Å². The summed E-state index contributed by atoms with van der Waals surface area (Å²) >= 11 is 0. The Morgan fingerprint density at radius 3 is 2.91 bits per heavy atom. The van der Waals surface area contributed by atoms with E-state index in [1.165, 1.54) is 0 Å². The number of carbonyl (C=O) groups excluding carboxylic acids is 1. The number of phenols is 1. The molecule has 34 heavy (non-hydrogen) atoms. The van der Waals surface area contributed by atoms with E-state index in [0.717, 1.165) is 28.8 Å². The molecular formula is C28H28N2O4. The highest BCUT2D eigenvalue weighted by molar-refractivity contribution is 5.94. The van der Waals surface area contributed by atoms with Gasteiger partial charge in [0.15, 0.2) is 11.5 Å². The summed E-state index contributed by atoms with van der Waals surface area (Å²) in [7, 11) is 3.77. The highest BCUT2D eigenvalue weighted by Gasteiger charge is 2.71. The minimum absolute atomic E-state index is 0.0780. The van der Waals surface area contributed by atoms with Crippen LogP contribution in [0.2, 0.25) is 0 Å². The third-order valence-electron chi connectivity index (χ3n) is 8.38. The molecule has 2 N–H and O–H groups in total. The molecule has 4 aliphatic rings. The van der Waals surface area contributed by atoms with Crippen molar-refractivity contribution < 1.29 is 19.7 Å². The molecule has 0 unspecified atom stereocenters. The van der Waals surface area contributed by atoms with Crippen LogP contribution in [0.5, 0.6) is 11.5 Å². The van der Waals surface area contributed by atoms with Gasteiger partial charge in [0.2, 0.25) is 0 Å². The lowest BCUT2D eigenvalue weighted by molar-refractivity contribution is -0.150. The van der Waals surface area contributed by atoms with Crippen LogP contribution in [-0.2, 0) is 16.6 Å². The zero-order valence-electron chi connectivity index (χ0n) is 19.6. The van der Waals surface area contributed by atoms with Gasteiger partial charge in [-0.2, -0.15) is 0 Å². The van der Waals surface area contributed by atoms with Gasteiger partial charge in [-0.25, -0.2) is 0 Å². The molecule has 1 fully saturated rings. The number of ether oxygens (including phenoxy) is 1. The Morgan fingerprint density at radius 1 is 1.29 bits per heavy atom. The van der Waals surface area contributed by atoms with Crippen molar-refractivity contribution >= 4 is 5.91 Å². The molecule has 2 heterocycles. The van der Waals surface area contributed by atoms with E-state index in [4.69, 9.17) is 4.74 Å². The number of nitrogens with zero attached hydrogens (tertiary/aromatic N) is 2. The van der Waals surface area contributed by atoms with Gasteiger partial charge >= 0.3 is 0 Å². The number of aryl methyl sites for hydroxylation is 1. The fourth-order valence-electron chi connectivity index (χ4n) is 6.69. The maximum atomic E-state index is 13.1. The molecular weight excluding hydrogens is 428 g/mol. The molecule has 5 atom stereocenters. The lowest BCUT2D eigenvalue weighted by atomic mass is 9.50. The van der Waals surface area contributed by atoms with Gasteiger partial charge in [-0.15, -0.1) is 0 Å². The van der Waals surface area contributed by atoms with Crippen molar-refractivity contribution in [1.29, 1.82) is 0 Å². The summed E-state index contributed by atoms with van der Waals surface area (Å²) in [6.45, 7) is 2.79. The van der Waals surface area contributed by atoms with E-state index in [2.05, 4.69) is 16.7 Å². The molecule has 0 saturated carbocycles. The van der Waals surface area contributed by atoms with Crippen LogP contribution >= 0.6 is 0 Å². The van der Waals surface area contributed by atoms with Crippen molar-refractivity contribution in [3.05, 3.63) is 70.8 Å². The van der Waals surface area contributed by atoms with Gasteiger partial charge in [0.25, 0.3) is 5.91 Å². The molecule has 6 nitrogen and oxygen atoms in total. The quantitative estimate of drug-likeness (QED) is 0.508. The van der Waals surface area contributed by atoms with Crippen LogP contribution in [0, 0.1) is 18.8 Å². The van der Waals surface area contributed by atoms with Crippen LogP contribution in [0.15, 0.2) is 48.6 Å². The Morgan fingerprint density at radius 2 is 2.12 bits per heavy atom. The normalized spacial score (nSPS) is 32.3. The molecule has 2 aliphatic heterocycles. The van der Waals surface area contributed by atoms with Crippen LogP contribution < -0.4 is 4.74 Å². The van der Waals surface area contributed by atoms with E-state index in [1.54, 1.807) is 18.0 Å². The standard InChI is InChI=1S/C28H28N2O4/c1-17-5-4-6-18(15-17)7-10-23(32)30(3)20-11-12-28(33)22-16-19-8-9-21(31)25-24(19)27(28,26(20)34-25)13-14-29(22)2/h4-6,8-9,11-12,15,20,22,26,31,33H,13-14,16H2,1-3H3/t20-,22-,26+,27+,28-/m1/s1. The van der Waals surface area contributed by atoms with Crippen LogP contribution in [0.25, 0.3) is 0 Å². The zero-order valence-corrected chi connectivity index (χ0v) is 19.6. The number of likely N-dealkylation sites (N-methyl/N-ethyl adjacent to an activating group) is 2. The van der Waals surface area contributed by atoms with Gasteiger partial charge < -0.3 is 19.8 Å².